The molecule has 0 aliphatic heterocycles. The smallest absolute Gasteiger partial charge is 0.314 e. The topological polar surface area (TPSA) is 71.3 Å². The Labute approximate surface area is 122 Å². The molecule has 2 amide bonds. The predicted molar refractivity (Wildman–Crippen MR) is 78.2 cm³/mol. The third kappa shape index (κ3) is 4.09. The van der Waals surface area contributed by atoms with E-state index in [4.69, 9.17) is 11.6 Å². The van der Waals surface area contributed by atoms with Crippen LogP contribution in [0.5, 0.6) is 0 Å². The molecule has 0 aromatic carbocycles. The van der Waals surface area contributed by atoms with Gasteiger partial charge in [-0.15, -0.1) is 11.6 Å². The lowest BCUT2D eigenvalue weighted by Gasteiger charge is -2.06. The number of carbonyl (C=O) groups is 1. The molecule has 2 aromatic heterocycles. The molecular weight excluding hydrogens is 278 g/mol. The molecule has 108 valence electrons. The van der Waals surface area contributed by atoms with Gasteiger partial charge >= 0.3 is 6.03 Å². The molecule has 6 nitrogen and oxygen atoms in total. The van der Waals surface area contributed by atoms with E-state index in [1.807, 2.05) is 25.4 Å². The largest absolute Gasteiger partial charge is 0.338 e. The fourth-order valence-corrected chi connectivity index (χ4v) is 1.98. The van der Waals surface area contributed by atoms with Gasteiger partial charge in [-0.1, -0.05) is 0 Å². The van der Waals surface area contributed by atoms with Crippen LogP contribution in [0.25, 0.3) is 5.65 Å². The van der Waals surface area contributed by atoms with E-state index in [2.05, 4.69) is 20.7 Å². The molecule has 0 saturated carbocycles. The molecule has 0 radical (unpaired) electrons. The summed E-state index contributed by atoms with van der Waals surface area (Å²) >= 11 is 5.48. The lowest BCUT2D eigenvalue weighted by molar-refractivity contribution is 0.241. The molecular formula is C13H18ClN5O. The van der Waals surface area contributed by atoms with Crippen molar-refractivity contribution in [2.24, 2.45) is 0 Å². The monoisotopic (exact) mass is 295 g/mol. The van der Waals surface area contributed by atoms with Gasteiger partial charge in [0, 0.05) is 37.4 Å². The first-order valence-corrected chi connectivity index (χ1v) is 7.11. The molecule has 20 heavy (non-hydrogen) atoms. The first kappa shape index (κ1) is 14.6. The van der Waals surface area contributed by atoms with Crippen molar-refractivity contribution in [3.63, 3.8) is 0 Å². The van der Waals surface area contributed by atoms with Crippen LogP contribution in [0.2, 0.25) is 0 Å². The molecule has 0 spiro atoms. The normalized spacial score (nSPS) is 10.7. The van der Waals surface area contributed by atoms with Crippen LogP contribution in [0.3, 0.4) is 0 Å². The third-order valence-corrected chi connectivity index (χ3v) is 2.99. The highest BCUT2D eigenvalue weighted by Crippen LogP contribution is 2.06. The molecule has 2 N–H and O–H groups in total. The van der Waals surface area contributed by atoms with Crippen LogP contribution < -0.4 is 10.6 Å². The molecule has 2 rings (SSSR count). The highest BCUT2D eigenvalue weighted by Gasteiger charge is 2.02. The number of aryl methyl sites for hydroxylation is 2. The standard InChI is InChI=1S/C13H18ClN5O/c1-10-7-12-17-8-11(9-19(12)18-10)3-2-5-15-13(20)16-6-4-14/h7-9H,2-6H2,1H3,(H2,15,16,20). The molecule has 0 fully saturated rings. The van der Waals surface area contributed by atoms with Crippen LogP contribution in [-0.4, -0.2) is 39.6 Å². The maximum atomic E-state index is 11.3. The van der Waals surface area contributed by atoms with Gasteiger partial charge in [0.25, 0.3) is 0 Å². The second kappa shape index (κ2) is 7.09. The van der Waals surface area contributed by atoms with Crippen LogP contribution in [0.4, 0.5) is 4.79 Å². The number of aromatic nitrogens is 3. The van der Waals surface area contributed by atoms with E-state index in [9.17, 15) is 4.79 Å². The lowest BCUT2D eigenvalue weighted by Crippen LogP contribution is -2.37. The summed E-state index contributed by atoms with van der Waals surface area (Å²) in [7, 11) is 0. The van der Waals surface area contributed by atoms with Gasteiger partial charge in [-0.3, -0.25) is 0 Å². The van der Waals surface area contributed by atoms with E-state index in [1.165, 1.54) is 0 Å². The Balaban J connectivity index is 1.76. The molecule has 0 aliphatic carbocycles. The average Bonchev–Trinajstić information content (AvgIpc) is 2.80. The quantitative estimate of drug-likeness (QED) is 0.627. The number of carbonyl (C=O) groups excluding carboxylic acids is 1. The maximum Gasteiger partial charge on any atom is 0.314 e. The zero-order chi connectivity index (χ0) is 14.4. The summed E-state index contributed by atoms with van der Waals surface area (Å²) in [5.41, 5.74) is 2.90. The molecule has 2 aromatic rings. The maximum absolute atomic E-state index is 11.3. The van der Waals surface area contributed by atoms with Crippen molar-refractivity contribution in [3.8, 4) is 0 Å². The Morgan fingerprint density at radius 2 is 2.20 bits per heavy atom. The van der Waals surface area contributed by atoms with Crippen LogP contribution in [-0.2, 0) is 6.42 Å². The zero-order valence-electron chi connectivity index (χ0n) is 11.4. The molecule has 2 heterocycles. The minimum Gasteiger partial charge on any atom is -0.338 e. The Morgan fingerprint density at radius 1 is 1.40 bits per heavy atom. The number of fused-ring (bicyclic) bond motifs is 1. The molecule has 0 atom stereocenters. The van der Waals surface area contributed by atoms with Gasteiger partial charge in [0.1, 0.15) is 0 Å². The van der Waals surface area contributed by atoms with E-state index >= 15 is 0 Å². The Morgan fingerprint density at radius 3 is 3.00 bits per heavy atom. The van der Waals surface area contributed by atoms with E-state index in [1.54, 1.807) is 4.52 Å². The van der Waals surface area contributed by atoms with E-state index < -0.39 is 0 Å². The van der Waals surface area contributed by atoms with E-state index in [0.29, 0.717) is 19.0 Å². The SMILES string of the molecule is Cc1cc2ncc(CCCNC(=O)NCCCl)cn2n1. The Kier molecular flexibility index (Phi) is 5.17. The summed E-state index contributed by atoms with van der Waals surface area (Å²) in [5.74, 6) is 0.419. The molecule has 0 bridgehead atoms. The molecule has 7 heteroatoms. The number of halogens is 1. The van der Waals surface area contributed by atoms with Crippen molar-refractivity contribution in [3.05, 3.63) is 29.7 Å². The molecule has 0 aliphatic rings. The summed E-state index contributed by atoms with van der Waals surface area (Å²) in [4.78, 5) is 15.6. The number of rotatable bonds is 6. The number of nitrogens with zero attached hydrogens (tertiary/aromatic N) is 3. The van der Waals surface area contributed by atoms with Crippen LogP contribution in [0.15, 0.2) is 18.5 Å². The summed E-state index contributed by atoms with van der Waals surface area (Å²) in [6, 6.07) is 1.76. The van der Waals surface area contributed by atoms with Gasteiger partial charge in [-0.2, -0.15) is 5.10 Å². The van der Waals surface area contributed by atoms with Gasteiger partial charge in [-0.25, -0.2) is 14.3 Å². The average molecular weight is 296 g/mol. The highest BCUT2D eigenvalue weighted by atomic mass is 35.5. The summed E-state index contributed by atoms with van der Waals surface area (Å²) in [6.45, 7) is 3.04. The second-order valence-electron chi connectivity index (χ2n) is 4.53. The molecule has 0 saturated heterocycles. The predicted octanol–water partition coefficient (Wildman–Crippen LogP) is 1.51. The van der Waals surface area contributed by atoms with Crippen molar-refractivity contribution in [1.82, 2.24) is 25.2 Å². The van der Waals surface area contributed by atoms with Gasteiger partial charge in [0.2, 0.25) is 0 Å². The number of alkyl halides is 1. The summed E-state index contributed by atoms with van der Waals surface area (Å²) in [5, 5.41) is 9.75. The van der Waals surface area contributed by atoms with E-state index in [0.717, 1.165) is 29.7 Å². The number of hydrogen-bond donors (Lipinski definition) is 2. The molecule has 0 unspecified atom stereocenters. The van der Waals surface area contributed by atoms with Crippen molar-refractivity contribution in [1.29, 1.82) is 0 Å². The number of amides is 2. The number of urea groups is 1. The Bertz CT molecular complexity index is 583. The van der Waals surface area contributed by atoms with Gasteiger partial charge in [-0.05, 0) is 25.3 Å². The Hall–Kier alpha value is -1.82. The van der Waals surface area contributed by atoms with E-state index in [-0.39, 0.29) is 6.03 Å². The van der Waals surface area contributed by atoms with Crippen molar-refractivity contribution < 1.29 is 4.79 Å². The van der Waals surface area contributed by atoms with Crippen molar-refractivity contribution in [2.45, 2.75) is 19.8 Å². The van der Waals surface area contributed by atoms with Gasteiger partial charge in [0.05, 0.1) is 5.69 Å². The highest BCUT2D eigenvalue weighted by molar-refractivity contribution is 6.18. The minimum atomic E-state index is -0.179. The van der Waals surface area contributed by atoms with Crippen molar-refractivity contribution in [2.75, 3.05) is 19.0 Å². The van der Waals surface area contributed by atoms with Gasteiger partial charge < -0.3 is 10.6 Å². The second-order valence-corrected chi connectivity index (χ2v) is 4.90. The van der Waals surface area contributed by atoms with Gasteiger partial charge in [0.15, 0.2) is 5.65 Å². The third-order valence-electron chi connectivity index (χ3n) is 2.80. The van der Waals surface area contributed by atoms with Crippen LogP contribution >= 0.6 is 11.6 Å². The van der Waals surface area contributed by atoms with Crippen molar-refractivity contribution >= 4 is 23.3 Å². The minimum absolute atomic E-state index is 0.179. The van der Waals surface area contributed by atoms with Crippen LogP contribution in [0.1, 0.15) is 17.7 Å². The fourth-order valence-electron chi connectivity index (χ4n) is 1.88. The summed E-state index contributed by atoms with van der Waals surface area (Å²) in [6.07, 6.45) is 5.52. The number of nitrogens with one attached hydrogen (secondary N) is 2. The number of hydrogen-bond acceptors (Lipinski definition) is 3. The first-order chi connectivity index (χ1) is 9.69. The van der Waals surface area contributed by atoms with Crippen LogP contribution in [0, 0.1) is 6.92 Å². The zero-order valence-corrected chi connectivity index (χ0v) is 12.2. The lowest BCUT2D eigenvalue weighted by atomic mass is 10.2. The first-order valence-electron chi connectivity index (χ1n) is 6.57. The summed E-state index contributed by atoms with van der Waals surface area (Å²) < 4.78 is 1.78. The fraction of sp³-hybridized carbons (Fsp3) is 0.462.